The molecule has 10 nitrogen and oxygen atoms in total. The Morgan fingerprint density at radius 1 is 1.10 bits per heavy atom. The molecule has 2 fully saturated rings. The number of aliphatic hydroxyl groups is 1. The molecular formula is C30H37N3O7. The normalized spacial score (nSPS) is 34.2. The molecule has 4 aliphatic heterocycles. The standard InChI is InChI=1S/C30H37N3O7/c1-18(2)32-15-9-14-30-25(24-22(40-30)12-7-8-13-23(35)31-16-19(3)39-29(24)38)27(36)33(26(30)28(32)37)21(17-34)20-10-5-4-6-11-20/h4-7,9-12,14,18-19,21-22,24-26,34H,8,13,15-17H2,1-3H3,(H,31,35)/b12-7-/t19-,21-,22-,24+,25+,26-,30+/m1/s1. The number of fused-ring (bicyclic) bond motifs is 2. The van der Waals surface area contributed by atoms with Crippen molar-refractivity contribution in [3.05, 3.63) is 60.2 Å². The zero-order valence-corrected chi connectivity index (χ0v) is 23.1. The van der Waals surface area contributed by atoms with Crippen LogP contribution in [-0.4, -0.2) is 88.2 Å². The van der Waals surface area contributed by atoms with Crippen LogP contribution in [0.1, 0.15) is 45.2 Å². The van der Waals surface area contributed by atoms with E-state index in [1.54, 1.807) is 42.2 Å². The van der Waals surface area contributed by atoms with E-state index in [2.05, 4.69) is 5.32 Å². The molecule has 0 saturated carbocycles. The topological polar surface area (TPSA) is 125 Å². The van der Waals surface area contributed by atoms with Gasteiger partial charge in [-0.3, -0.25) is 19.2 Å². The first-order valence-electron chi connectivity index (χ1n) is 14.0. The summed E-state index contributed by atoms with van der Waals surface area (Å²) in [5, 5.41) is 13.3. The highest BCUT2D eigenvalue weighted by molar-refractivity contribution is 5.99. The summed E-state index contributed by atoms with van der Waals surface area (Å²) in [6, 6.07) is 6.99. The van der Waals surface area contributed by atoms with Crippen LogP contribution < -0.4 is 5.32 Å². The summed E-state index contributed by atoms with van der Waals surface area (Å²) < 4.78 is 12.4. The highest BCUT2D eigenvalue weighted by atomic mass is 16.6. The summed E-state index contributed by atoms with van der Waals surface area (Å²) in [7, 11) is 0. The predicted molar refractivity (Wildman–Crippen MR) is 144 cm³/mol. The van der Waals surface area contributed by atoms with Crippen molar-refractivity contribution in [1.82, 2.24) is 15.1 Å². The van der Waals surface area contributed by atoms with Gasteiger partial charge in [0.25, 0.3) is 0 Å². The minimum absolute atomic E-state index is 0.146. The molecule has 1 aromatic rings. The van der Waals surface area contributed by atoms with Crippen LogP contribution in [0.3, 0.4) is 0 Å². The lowest BCUT2D eigenvalue weighted by atomic mass is 9.78. The van der Waals surface area contributed by atoms with Crippen LogP contribution in [0.2, 0.25) is 0 Å². The number of allylic oxidation sites excluding steroid dienone is 1. The Labute approximate surface area is 234 Å². The lowest BCUT2D eigenvalue weighted by molar-refractivity contribution is -0.160. The lowest BCUT2D eigenvalue weighted by Gasteiger charge is -2.39. The number of nitrogens with one attached hydrogen (secondary N) is 1. The summed E-state index contributed by atoms with van der Waals surface area (Å²) in [5.41, 5.74) is -0.774. The Kier molecular flexibility index (Phi) is 7.83. The van der Waals surface area contributed by atoms with Crippen LogP contribution in [0, 0.1) is 11.8 Å². The Balaban J connectivity index is 1.64. The number of rotatable bonds is 4. The maximum absolute atomic E-state index is 14.5. The van der Waals surface area contributed by atoms with E-state index < -0.39 is 60.2 Å². The van der Waals surface area contributed by atoms with E-state index in [9.17, 15) is 24.3 Å². The molecule has 0 radical (unpaired) electrons. The van der Waals surface area contributed by atoms with Crippen LogP contribution in [0.25, 0.3) is 0 Å². The van der Waals surface area contributed by atoms with Crippen molar-refractivity contribution < 1.29 is 33.8 Å². The molecule has 0 aliphatic carbocycles. The van der Waals surface area contributed by atoms with Gasteiger partial charge in [0.2, 0.25) is 17.7 Å². The smallest absolute Gasteiger partial charge is 0.313 e. The first-order valence-corrected chi connectivity index (χ1v) is 14.0. The number of carbonyl (C=O) groups excluding carboxylic acids is 4. The number of cyclic esters (lactones) is 1. The third-order valence-electron chi connectivity index (χ3n) is 8.32. The number of hydrogen-bond donors (Lipinski definition) is 2. The molecule has 40 heavy (non-hydrogen) atoms. The van der Waals surface area contributed by atoms with Gasteiger partial charge in [0, 0.05) is 19.0 Å². The van der Waals surface area contributed by atoms with Crippen molar-refractivity contribution in [1.29, 1.82) is 0 Å². The van der Waals surface area contributed by atoms with Gasteiger partial charge in [0.15, 0.2) is 0 Å². The Bertz CT molecular complexity index is 1210. The second-order valence-electron chi connectivity index (χ2n) is 11.2. The summed E-state index contributed by atoms with van der Waals surface area (Å²) >= 11 is 0. The molecule has 0 bridgehead atoms. The summed E-state index contributed by atoms with van der Waals surface area (Å²) in [4.78, 5) is 57.7. The number of ether oxygens (including phenoxy) is 2. The van der Waals surface area contributed by atoms with Gasteiger partial charge < -0.3 is 29.7 Å². The first kappa shape index (κ1) is 28.0. The predicted octanol–water partition coefficient (Wildman–Crippen LogP) is 1.51. The minimum Gasteiger partial charge on any atom is -0.460 e. The first-order chi connectivity index (χ1) is 19.2. The van der Waals surface area contributed by atoms with Crippen molar-refractivity contribution in [2.45, 2.75) is 69.5 Å². The molecule has 4 heterocycles. The van der Waals surface area contributed by atoms with Gasteiger partial charge in [-0.2, -0.15) is 0 Å². The largest absolute Gasteiger partial charge is 0.460 e. The van der Waals surface area contributed by atoms with E-state index in [4.69, 9.17) is 9.47 Å². The van der Waals surface area contributed by atoms with Crippen molar-refractivity contribution in [2.75, 3.05) is 19.7 Å². The van der Waals surface area contributed by atoms with E-state index in [0.717, 1.165) is 0 Å². The second-order valence-corrected chi connectivity index (χ2v) is 11.2. The van der Waals surface area contributed by atoms with Gasteiger partial charge in [-0.25, -0.2) is 0 Å². The summed E-state index contributed by atoms with van der Waals surface area (Å²) in [6.07, 6.45) is 6.29. The number of benzene rings is 1. The molecule has 1 aromatic carbocycles. The van der Waals surface area contributed by atoms with Crippen LogP contribution in [0.5, 0.6) is 0 Å². The van der Waals surface area contributed by atoms with Crippen molar-refractivity contribution in [2.24, 2.45) is 11.8 Å². The fraction of sp³-hybridized carbons (Fsp3) is 0.533. The summed E-state index contributed by atoms with van der Waals surface area (Å²) in [5.74, 6) is -3.59. The molecular weight excluding hydrogens is 514 g/mol. The monoisotopic (exact) mass is 551 g/mol. The third-order valence-corrected chi connectivity index (χ3v) is 8.32. The third kappa shape index (κ3) is 4.73. The van der Waals surface area contributed by atoms with Crippen LogP contribution in [0.15, 0.2) is 54.6 Å². The zero-order valence-electron chi connectivity index (χ0n) is 23.1. The van der Waals surface area contributed by atoms with Crippen molar-refractivity contribution in [3.8, 4) is 0 Å². The molecule has 214 valence electrons. The van der Waals surface area contributed by atoms with Gasteiger partial charge >= 0.3 is 5.97 Å². The second kappa shape index (κ2) is 11.2. The van der Waals surface area contributed by atoms with Gasteiger partial charge in [-0.05, 0) is 32.8 Å². The molecule has 5 rings (SSSR count). The van der Waals surface area contributed by atoms with Crippen molar-refractivity contribution >= 4 is 23.7 Å². The number of amides is 3. The van der Waals surface area contributed by atoms with E-state index in [1.807, 2.05) is 38.1 Å². The Morgan fingerprint density at radius 3 is 2.55 bits per heavy atom. The molecule has 10 heteroatoms. The molecule has 2 saturated heterocycles. The minimum atomic E-state index is -1.45. The fourth-order valence-corrected chi connectivity index (χ4v) is 6.45. The number of esters is 1. The number of likely N-dealkylation sites (tertiary alicyclic amines) is 1. The van der Waals surface area contributed by atoms with Gasteiger partial charge in [0.1, 0.15) is 23.7 Å². The average molecular weight is 552 g/mol. The van der Waals surface area contributed by atoms with Crippen LogP contribution >= 0.6 is 0 Å². The molecule has 4 aliphatic rings. The molecule has 7 atom stereocenters. The molecule has 2 N–H and O–H groups in total. The van der Waals surface area contributed by atoms with E-state index in [1.165, 1.54) is 4.90 Å². The Hall–Kier alpha value is -3.50. The molecule has 3 amide bonds. The van der Waals surface area contributed by atoms with E-state index in [0.29, 0.717) is 18.5 Å². The molecule has 1 spiro atoms. The molecule has 0 aromatic heterocycles. The maximum Gasteiger partial charge on any atom is 0.313 e. The Morgan fingerprint density at radius 2 is 1.85 bits per heavy atom. The van der Waals surface area contributed by atoms with Gasteiger partial charge in [-0.1, -0.05) is 54.6 Å². The number of carbonyl (C=O) groups is 4. The molecule has 0 unspecified atom stereocenters. The number of nitrogens with zero attached hydrogens (tertiary/aromatic N) is 2. The van der Waals surface area contributed by atoms with Gasteiger partial charge in [0.05, 0.1) is 31.2 Å². The SMILES string of the molecule is CC(C)N1CC=C[C@]23O[C@@H]4/C=C\CCC(=O)NC[C@@H](C)OC(=O)[C@@H]4[C@H]2C(=O)N([C@H](CO)c2ccccc2)[C@@H]3C1=O. The number of hydrogen-bond acceptors (Lipinski definition) is 7. The average Bonchev–Trinajstić information content (AvgIpc) is 3.31. The van der Waals surface area contributed by atoms with E-state index in [-0.39, 0.29) is 30.8 Å². The van der Waals surface area contributed by atoms with E-state index >= 15 is 0 Å². The van der Waals surface area contributed by atoms with Crippen molar-refractivity contribution in [3.63, 3.8) is 0 Å². The van der Waals surface area contributed by atoms with Crippen LogP contribution in [-0.2, 0) is 28.7 Å². The maximum atomic E-state index is 14.5. The number of aliphatic hydroxyl groups excluding tert-OH is 1. The fourth-order valence-electron chi connectivity index (χ4n) is 6.45. The quantitative estimate of drug-likeness (QED) is 0.429. The zero-order chi connectivity index (χ0) is 28.6. The van der Waals surface area contributed by atoms with Crippen LogP contribution in [0.4, 0.5) is 0 Å². The highest BCUT2D eigenvalue weighted by Crippen LogP contribution is 2.55. The summed E-state index contributed by atoms with van der Waals surface area (Å²) in [6.45, 7) is 5.54. The van der Waals surface area contributed by atoms with Gasteiger partial charge in [-0.15, -0.1) is 0 Å². The lowest BCUT2D eigenvalue weighted by Crippen LogP contribution is -2.57. The highest BCUT2D eigenvalue weighted by Gasteiger charge is 2.72.